The summed E-state index contributed by atoms with van der Waals surface area (Å²) in [4.78, 5) is 0. The zero-order chi connectivity index (χ0) is 15.0. The average Bonchev–Trinajstić information content (AvgIpc) is 2.75. The lowest BCUT2D eigenvalue weighted by Crippen LogP contribution is -2.23. The molecule has 0 aliphatic carbocycles. The van der Waals surface area contributed by atoms with Crippen LogP contribution in [0.15, 0.2) is 4.60 Å². The minimum atomic E-state index is -0.341. The normalized spacial score (nSPS) is 14.4. The molecule has 0 bridgehead atoms. The summed E-state index contributed by atoms with van der Waals surface area (Å²) in [5.74, 6) is -0.341. The van der Waals surface area contributed by atoms with Crippen LogP contribution in [0.5, 0.6) is 0 Å². The Balaban J connectivity index is 2.77. The van der Waals surface area contributed by atoms with E-state index in [0.29, 0.717) is 4.60 Å². The summed E-state index contributed by atoms with van der Waals surface area (Å²) in [6.07, 6.45) is 10.5. The van der Waals surface area contributed by atoms with E-state index in [2.05, 4.69) is 46.9 Å². The maximum Gasteiger partial charge on any atom is 0.237 e. The highest BCUT2D eigenvalue weighted by Crippen LogP contribution is 2.39. The van der Waals surface area contributed by atoms with Gasteiger partial charge in [0.05, 0.1) is 0 Å². The molecule has 0 aliphatic heterocycles. The first-order valence-corrected chi connectivity index (χ1v) is 8.74. The monoisotopic (exact) mass is 346 g/mol. The topological polar surface area (TPSA) is 28.7 Å². The van der Waals surface area contributed by atoms with E-state index in [0.717, 1.165) is 31.2 Å². The van der Waals surface area contributed by atoms with Gasteiger partial charge < -0.3 is 0 Å². The molecule has 0 saturated heterocycles. The van der Waals surface area contributed by atoms with Crippen LogP contribution in [0.1, 0.15) is 84.1 Å². The number of nitrogens with one attached hydrogen (secondary N) is 1. The molecule has 2 nitrogen and oxygen atoms in total. The SMILES string of the molecule is CCCCCCC(C)(CCCCC)c1c(F)n[nH]c1Br. The molecule has 0 radical (unpaired) electrons. The standard InChI is InChI=1S/C16H28BrFN2/c1-4-6-8-10-12-16(3,11-9-7-5-2)13-14(17)19-20-15(13)18/h4-12H2,1-3H3,(H,19,20). The van der Waals surface area contributed by atoms with Crippen LogP contribution in [0.4, 0.5) is 4.39 Å². The van der Waals surface area contributed by atoms with Crippen LogP contribution in [0, 0.1) is 5.95 Å². The molecule has 0 fully saturated rings. The Labute approximate surface area is 131 Å². The van der Waals surface area contributed by atoms with Gasteiger partial charge in [-0.25, -0.2) is 0 Å². The van der Waals surface area contributed by atoms with E-state index >= 15 is 0 Å². The van der Waals surface area contributed by atoms with Crippen LogP contribution in [-0.2, 0) is 5.41 Å². The van der Waals surface area contributed by atoms with Gasteiger partial charge in [-0.05, 0) is 34.2 Å². The molecule has 1 aromatic heterocycles. The van der Waals surface area contributed by atoms with Crippen LogP contribution >= 0.6 is 15.9 Å². The molecule has 1 atom stereocenters. The fourth-order valence-electron chi connectivity index (χ4n) is 2.90. The van der Waals surface area contributed by atoms with Crippen molar-refractivity contribution >= 4 is 15.9 Å². The van der Waals surface area contributed by atoms with Gasteiger partial charge in [-0.15, -0.1) is 5.10 Å². The van der Waals surface area contributed by atoms with E-state index in [1.165, 1.54) is 32.1 Å². The van der Waals surface area contributed by atoms with Gasteiger partial charge in [0.2, 0.25) is 5.95 Å². The van der Waals surface area contributed by atoms with Crippen LogP contribution in [0.2, 0.25) is 0 Å². The Kier molecular flexibility index (Phi) is 7.78. The molecular formula is C16H28BrFN2. The third-order valence-electron chi connectivity index (χ3n) is 4.20. The van der Waals surface area contributed by atoms with E-state index in [9.17, 15) is 4.39 Å². The van der Waals surface area contributed by atoms with Crippen molar-refractivity contribution in [1.29, 1.82) is 0 Å². The molecular weight excluding hydrogens is 319 g/mol. The summed E-state index contributed by atoms with van der Waals surface area (Å²) < 4.78 is 14.7. The molecule has 0 aliphatic rings. The average molecular weight is 347 g/mol. The number of unbranched alkanes of at least 4 members (excludes halogenated alkanes) is 5. The number of hydrogen-bond donors (Lipinski definition) is 1. The lowest BCUT2D eigenvalue weighted by atomic mass is 9.75. The number of nitrogens with zero attached hydrogens (tertiary/aromatic N) is 1. The van der Waals surface area contributed by atoms with Gasteiger partial charge in [-0.2, -0.15) is 4.39 Å². The Morgan fingerprint density at radius 2 is 1.60 bits per heavy atom. The van der Waals surface area contributed by atoms with Crippen molar-refractivity contribution in [3.8, 4) is 0 Å². The molecule has 0 aromatic carbocycles. The first-order valence-electron chi connectivity index (χ1n) is 7.95. The summed E-state index contributed by atoms with van der Waals surface area (Å²) >= 11 is 3.43. The zero-order valence-electron chi connectivity index (χ0n) is 13.1. The fourth-order valence-corrected chi connectivity index (χ4v) is 3.63. The molecule has 1 rings (SSSR count). The van der Waals surface area contributed by atoms with E-state index in [1.807, 2.05) is 0 Å². The number of hydrogen-bond acceptors (Lipinski definition) is 1. The smallest absolute Gasteiger partial charge is 0.237 e. The number of H-pyrrole nitrogens is 1. The van der Waals surface area contributed by atoms with Gasteiger partial charge in [-0.1, -0.05) is 65.7 Å². The highest BCUT2D eigenvalue weighted by molar-refractivity contribution is 9.10. The van der Waals surface area contributed by atoms with Gasteiger partial charge >= 0.3 is 0 Å². The number of halogens is 2. The number of aromatic amines is 1. The van der Waals surface area contributed by atoms with Crippen molar-refractivity contribution in [3.63, 3.8) is 0 Å². The Hall–Kier alpha value is -0.380. The van der Waals surface area contributed by atoms with Crippen molar-refractivity contribution in [2.75, 3.05) is 0 Å². The maximum absolute atomic E-state index is 14.0. The maximum atomic E-state index is 14.0. The molecule has 0 spiro atoms. The van der Waals surface area contributed by atoms with Crippen molar-refractivity contribution in [1.82, 2.24) is 10.2 Å². The molecule has 1 unspecified atom stereocenters. The molecule has 0 saturated carbocycles. The Morgan fingerprint density at radius 1 is 1.05 bits per heavy atom. The van der Waals surface area contributed by atoms with Crippen LogP contribution in [0.25, 0.3) is 0 Å². The van der Waals surface area contributed by atoms with Crippen molar-refractivity contribution in [3.05, 3.63) is 16.1 Å². The van der Waals surface area contributed by atoms with E-state index in [-0.39, 0.29) is 11.4 Å². The Morgan fingerprint density at radius 3 is 2.10 bits per heavy atom. The lowest BCUT2D eigenvalue weighted by molar-refractivity contribution is 0.350. The second-order valence-corrected chi connectivity index (χ2v) is 6.82. The predicted molar refractivity (Wildman–Crippen MR) is 86.5 cm³/mol. The zero-order valence-corrected chi connectivity index (χ0v) is 14.7. The van der Waals surface area contributed by atoms with Crippen molar-refractivity contribution < 1.29 is 4.39 Å². The summed E-state index contributed by atoms with van der Waals surface area (Å²) in [7, 11) is 0. The molecule has 0 amide bonds. The summed E-state index contributed by atoms with van der Waals surface area (Å²) in [5, 5.41) is 6.44. The van der Waals surface area contributed by atoms with E-state index in [1.54, 1.807) is 0 Å². The van der Waals surface area contributed by atoms with Crippen LogP contribution < -0.4 is 0 Å². The van der Waals surface area contributed by atoms with Crippen LogP contribution in [0.3, 0.4) is 0 Å². The highest BCUT2D eigenvalue weighted by atomic mass is 79.9. The molecule has 1 N–H and O–H groups in total. The quantitative estimate of drug-likeness (QED) is 0.508. The minimum Gasteiger partial charge on any atom is -0.268 e. The first kappa shape index (κ1) is 17.7. The van der Waals surface area contributed by atoms with Crippen molar-refractivity contribution in [2.45, 2.75) is 84.0 Å². The van der Waals surface area contributed by atoms with Gasteiger partial charge in [0.1, 0.15) is 4.60 Å². The van der Waals surface area contributed by atoms with Gasteiger partial charge in [0.25, 0.3) is 0 Å². The summed E-state index contributed by atoms with van der Waals surface area (Å²) in [6, 6.07) is 0. The molecule has 1 heterocycles. The van der Waals surface area contributed by atoms with E-state index in [4.69, 9.17) is 0 Å². The third-order valence-corrected chi connectivity index (χ3v) is 4.77. The van der Waals surface area contributed by atoms with Gasteiger partial charge in [0, 0.05) is 5.56 Å². The Bertz CT molecular complexity index is 372. The summed E-state index contributed by atoms with van der Waals surface area (Å²) in [5.41, 5.74) is 0.629. The lowest BCUT2D eigenvalue weighted by Gasteiger charge is -2.29. The van der Waals surface area contributed by atoms with Crippen molar-refractivity contribution in [2.24, 2.45) is 0 Å². The first-order chi connectivity index (χ1) is 9.55. The van der Waals surface area contributed by atoms with Gasteiger partial charge in [-0.3, -0.25) is 5.10 Å². The largest absolute Gasteiger partial charge is 0.268 e. The molecule has 116 valence electrons. The second kappa shape index (κ2) is 8.81. The minimum absolute atomic E-state index is 0.112. The molecule has 20 heavy (non-hydrogen) atoms. The second-order valence-electron chi connectivity index (χ2n) is 6.03. The fraction of sp³-hybridized carbons (Fsp3) is 0.812. The summed E-state index contributed by atoms with van der Waals surface area (Å²) in [6.45, 7) is 6.60. The number of rotatable bonds is 10. The molecule has 4 heteroatoms. The van der Waals surface area contributed by atoms with Gasteiger partial charge in [0.15, 0.2) is 0 Å². The predicted octanol–water partition coefficient (Wildman–Crippen LogP) is 6.12. The van der Waals surface area contributed by atoms with E-state index < -0.39 is 0 Å². The molecule has 1 aromatic rings. The number of aromatic nitrogens is 2. The third kappa shape index (κ3) is 4.87. The highest BCUT2D eigenvalue weighted by Gasteiger charge is 2.32. The van der Waals surface area contributed by atoms with Crippen LogP contribution in [-0.4, -0.2) is 10.2 Å².